The molecule has 1 aliphatic rings. The summed E-state index contributed by atoms with van der Waals surface area (Å²) in [6, 6.07) is 7.72. The molecule has 0 bridgehead atoms. The molecule has 3 rings (SSSR count). The molecule has 1 aliphatic heterocycles. The number of anilines is 2. The summed E-state index contributed by atoms with van der Waals surface area (Å²) in [5.74, 6) is -2.42. The van der Waals surface area contributed by atoms with E-state index in [0.717, 1.165) is 36.2 Å². The zero-order chi connectivity index (χ0) is 22.6. The highest BCUT2D eigenvalue weighted by Gasteiger charge is 2.37. The van der Waals surface area contributed by atoms with Gasteiger partial charge in [-0.1, -0.05) is 26.0 Å². The van der Waals surface area contributed by atoms with Crippen molar-refractivity contribution >= 4 is 17.5 Å². The van der Waals surface area contributed by atoms with E-state index in [-0.39, 0.29) is 6.10 Å². The molecule has 0 radical (unpaired) electrons. The number of rotatable bonds is 7. The molecule has 3 N–H and O–H groups in total. The van der Waals surface area contributed by atoms with Gasteiger partial charge in [-0.2, -0.15) is 18.2 Å². The van der Waals surface area contributed by atoms with Gasteiger partial charge in [0.25, 0.3) is 5.82 Å². The minimum absolute atomic E-state index is 0.0140. The van der Waals surface area contributed by atoms with Crippen LogP contribution in [0.4, 0.5) is 24.8 Å². The van der Waals surface area contributed by atoms with Gasteiger partial charge in [-0.15, -0.1) is 5.10 Å². The Morgan fingerprint density at radius 1 is 1.29 bits per heavy atom. The van der Waals surface area contributed by atoms with E-state index in [0.29, 0.717) is 18.3 Å². The number of hydrogen-bond donors (Lipinski definition) is 2. The zero-order valence-electron chi connectivity index (χ0n) is 17.5. The normalized spacial score (nSPS) is 19.5. The van der Waals surface area contributed by atoms with Gasteiger partial charge in [0, 0.05) is 18.3 Å². The van der Waals surface area contributed by atoms with Gasteiger partial charge in [0.15, 0.2) is 0 Å². The number of carbonyl (C=O) groups excluding carboxylic acids is 1. The first-order valence-corrected chi connectivity index (χ1v) is 10.2. The number of ether oxygens (including phenoxy) is 1. The summed E-state index contributed by atoms with van der Waals surface area (Å²) in [5.41, 5.74) is 6.96. The standard InChI is InChI=1S/C20H27F3N6O2/c1-3-28(4-2)15-9-10-31-16(11-15)13-5-7-14(8-6-13)25-17(30)12-29-19(24)26-18(27-29)20(21,22)23/h5-8,15-16H,3-4,9-12H2,1-2H3,(H,25,30)(H2,24,26,27)/t15-,16+/m1/s1. The SMILES string of the molecule is CCN(CC)[C@@H]1CCO[C@H](c2ccc(NC(=O)Cn3nc(C(F)(F)F)nc3N)cc2)C1. The fourth-order valence-corrected chi connectivity index (χ4v) is 3.79. The van der Waals surface area contributed by atoms with Gasteiger partial charge in [-0.05, 0) is 43.6 Å². The number of aromatic nitrogens is 3. The molecule has 1 amide bonds. The molecule has 8 nitrogen and oxygen atoms in total. The number of halogens is 3. The summed E-state index contributed by atoms with van der Waals surface area (Å²) in [7, 11) is 0. The van der Waals surface area contributed by atoms with Crippen molar-refractivity contribution in [1.82, 2.24) is 19.7 Å². The largest absolute Gasteiger partial charge is 0.453 e. The van der Waals surface area contributed by atoms with Gasteiger partial charge in [-0.25, -0.2) is 4.68 Å². The number of benzene rings is 1. The van der Waals surface area contributed by atoms with Crippen LogP contribution in [0.1, 0.15) is 44.2 Å². The van der Waals surface area contributed by atoms with Gasteiger partial charge in [0.05, 0.1) is 6.10 Å². The molecular formula is C20H27F3N6O2. The lowest BCUT2D eigenvalue weighted by molar-refractivity contribution is -0.145. The minimum atomic E-state index is -4.73. The second kappa shape index (κ2) is 9.65. The number of nitrogens with two attached hydrogens (primary N) is 1. The predicted molar refractivity (Wildman–Crippen MR) is 109 cm³/mol. The van der Waals surface area contributed by atoms with E-state index in [9.17, 15) is 18.0 Å². The molecule has 2 aromatic rings. The van der Waals surface area contributed by atoms with Crippen LogP contribution < -0.4 is 11.1 Å². The second-order valence-corrected chi connectivity index (χ2v) is 7.38. The first-order chi connectivity index (χ1) is 14.7. The Morgan fingerprint density at radius 2 is 1.97 bits per heavy atom. The maximum Gasteiger partial charge on any atom is 0.453 e. The third-order valence-electron chi connectivity index (χ3n) is 5.40. The van der Waals surface area contributed by atoms with Crippen LogP contribution >= 0.6 is 0 Å². The van der Waals surface area contributed by atoms with Crippen molar-refractivity contribution in [3.05, 3.63) is 35.7 Å². The van der Waals surface area contributed by atoms with Crippen molar-refractivity contribution in [1.29, 1.82) is 0 Å². The highest BCUT2D eigenvalue weighted by molar-refractivity contribution is 5.90. The number of amides is 1. The highest BCUT2D eigenvalue weighted by atomic mass is 19.4. The Labute approximate surface area is 178 Å². The summed E-state index contributed by atoms with van der Waals surface area (Å²) < 4.78 is 44.6. The molecule has 1 aromatic carbocycles. The van der Waals surface area contributed by atoms with Crippen molar-refractivity contribution in [2.75, 3.05) is 30.7 Å². The number of carbonyl (C=O) groups is 1. The lowest BCUT2D eigenvalue weighted by Gasteiger charge is -2.36. The van der Waals surface area contributed by atoms with E-state index in [2.05, 4.69) is 34.1 Å². The van der Waals surface area contributed by atoms with Crippen LogP contribution in [0.25, 0.3) is 0 Å². The van der Waals surface area contributed by atoms with E-state index < -0.39 is 30.4 Å². The minimum Gasteiger partial charge on any atom is -0.373 e. The number of nitrogen functional groups attached to an aromatic ring is 1. The Balaban J connectivity index is 1.59. The number of nitrogens with one attached hydrogen (secondary N) is 1. The summed E-state index contributed by atoms with van der Waals surface area (Å²) in [5, 5.41) is 5.88. The first-order valence-electron chi connectivity index (χ1n) is 10.2. The van der Waals surface area contributed by atoms with Gasteiger partial charge in [0.1, 0.15) is 6.54 Å². The molecule has 1 aromatic heterocycles. The van der Waals surface area contributed by atoms with Gasteiger partial charge in [-0.3, -0.25) is 4.79 Å². The van der Waals surface area contributed by atoms with E-state index in [1.807, 2.05) is 12.1 Å². The van der Waals surface area contributed by atoms with Crippen LogP contribution in [-0.2, 0) is 22.3 Å². The number of nitrogens with zero attached hydrogens (tertiary/aromatic N) is 4. The molecule has 2 atom stereocenters. The molecule has 170 valence electrons. The summed E-state index contributed by atoms with van der Waals surface area (Å²) in [6.07, 6.45) is -2.83. The Hall–Kier alpha value is -2.66. The average molecular weight is 440 g/mol. The van der Waals surface area contributed by atoms with E-state index in [4.69, 9.17) is 10.5 Å². The van der Waals surface area contributed by atoms with E-state index in [1.54, 1.807) is 12.1 Å². The lowest BCUT2D eigenvalue weighted by Crippen LogP contribution is -2.40. The average Bonchev–Trinajstić information content (AvgIpc) is 3.10. The summed E-state index contributed by atoms with van der Waals surface area (Å²) in [4.78, 5) is 17.8. The van der Waals surface area contributed by atoms with Crippen LogP contribution in [0.2, 0.25) is 0 Å². The van der Waals surface area contributed by atoms with Crippen molar-refractivity contribution in [3.8, 4) is 0 Å². The van der Waals surface area contributed by atoms with Gasteiger partial charge < -0.3 is 20.7 Å². The smallest absolute Gasteiger partial charge is 0.373 e. The molecule has 31 heavy (non-hydrogen) atoms. The predicted octanol–water partition coefficient (Wildman–Crippen LogP) is 3.08. The zero-order valence-corrected chi connectivity index (χ0v) is 17.5. The Bertz CT molecular complexity index is 880. The monoisotopic (exact) mass is 440 g/mol. The van der Waals surface area contributed by atoms with Crippen molar-refractivity contribution in [3.63, 3.8) is 0 Å². The maximum atomic E-state index is 12.7. The van der Waals surface area contributed by atoms with Crippen LogP contribution in [0, 0.1) is 0 Å². The number of hydrogen-bond acceptors (Lipinski definition) is 6. The third-order valence-corrected chi connectivity index (χ3v) is 5.40. The van der Waals surface area contributed by atoms with Crippen LogP contribution in [0.5, 0.6) is 0 Å². The van der Waals surface area contributed by atoms with Crippen molar-refractivity contribution in [2.45, 2.75) is 51.6 Å². The highest BCUT2D eigenvalue weighted by Crippen LogP contribution is 2.31. The lowest BCUT2D eigenvalue weighted by atomic mass is 9.96. The molecule has 1 saturated heterocycles. The summed E-state index contributed by atoms with van der Waals surface area (Å²) in [6.45, 7) is 6.53. The van der Waals surface area contributed by atoms with E-state index >= 15 is 0 Å². The quantitative estimate of drug-likeness (QED) is 0.687. The Morgan fingerprint density at radius 3 is 2.55 bits per heavy atom. The fraction of sp³-hybridized carbons (Fsp3) is 0.550. The van der Waals surface area contributed by atoms with Crippen LogP contribution in [0.3, 0.4) is 0 Å². The fourth-order valence-electron chi connectivity index (χ4n) is 3.79. The molecule has 11 heteroatoms. The van der Waals surface area contributed by atoms with Crippen molar-refractivity contribution in [2.24, 2.45) is 0 Å². The molecule has 0 aliphatic carbocycles. The maximum absolute atomic E-state index is 12.7. The first kappa shape index (κ1) is 23.0. The third kappa shape index (κ3) is 5.73. The molecule has 0 unspecified atom stereocenters. The topological polar surface area (TPSA) is 98.3 Å². The molecule has 2 heterocycles. The van der Waals surface area contributed by atoms with Gasteiger partial charge >= 0.3 is 6.18 Å². The molecule has 0 spiro atoms. The van der Waals surface area contributed by atoms with Crippen LogP contribution in [0.15, 0.2) is 24.3 Å². The van der Waals surface area contributed by atoms with Gasteiger partial charge in [0.2, 0.25) is 11.9 Å². The number of alkyl halides is 3. The van der Waals surface area contributed by atoms with Crippen LogP contribution in [-0.4, -0.2) is 51.3 Å². The van der Waals surface area contributed by atoms with Crippen molar-refractivity contribution < 1.29 is 22.7 Å². The second-order valence-electron chi connectivity index (χ2n) is 7.38. The summed E-state index contributed by atoms with van der Waals surface area (Å²) >= 11 is 0. The molecule has 1 fully saturated rings. The molecule has 0 saturated carbocycles. The van der Waals surface area contributed by atoms with E-state index in [1.165, 1.54) is 0 Å². The Kier molecular flexibility index (Phi) is 7.16. The molecular weight excluding hydrogens is 413 g/mol.